The van der Waals surface area contributed by atoms with Gasteiger partial charge in [-0.25, -0.2) is 4.39 Å². The van der Waals surface area contributed by atoms with Crippen molar-refractivity contribution in [2.45, 2.75) is 6.92 Å². The normalized spacial score (nSPS) is 10.8. The third-order valence-corrected chi connectivity index (χ3v) is 5.22. The second-order valence-electron chi connectivity index (χ2n) is 6.54. The van der Waals surface area contributed by atoms with Crippen molar-refractivity contribution in [1.29, 1.82) is 0 Å². The molecule has 30 heavy (non-hydrogen) atoms. The lowest BCUT2D eigenvalue weighted by molar-refractivity contribution is 0.0977. The average molecular weight is 531 g/mol. The molecule has 4 rings (SSSR count). The molecule has 6 nitrogen and oxygen atoms in total. The minimum absolute atomic E-state index is 0.187. The molecule has 0 bridgehead atoms. The molecule has 0 fully saturated rings. The third kappa shape index (κ3) is 4.46. The maximum atomic E-state index is 13.2. The van der Waals surface area contributed by atoms with Gasteiger partial charge in [0.15, 0.2) is 5.11 Å². The lowest BCUT2D eigenvalue weighted by Gasteiger charge is -2.11. The van der Waals surface area contributed by atoms with Crippen LogP contribution in [0.5, 0.6) is 0 Å². The van der Waals surface area contributed by atoms with Crippen molar-refractivity contribution in [2.24, 2.45) is 0 Å². The first kappa shape index (κ1) is 20.4. The van der Waals surface area contributed by atoms with Crippen molar-refractivity contribution in [1.82, 2.24) is 20.3 Å². The fourth-order valence-electron chi connectivity index (χ4n) is 2.85. The second-order valence-corrected chi connectivity index (χ2v) is 8.19. The predicted octanol–water partition coefficient (Wildman–Crippen LogP) is 4.60. The van der Waals surface area contributed by atoms with Crippen molar-refractivity contribution in [3.05, 3.63) is 81.2 Å². The van der Waals surface area contributed by atoms with Gasteiger partial charge in [0.2, 0.25) is 0 Å². The van der Waals surface area contributed by atoms with Gasteiger partial charge in [-0.1, -0.05) is 6.07 Å². The molecular formula is C21H15FIN5OS. The van der Waals surface area contributed by atoms with E-state index < -0.39 is 0 Å². The molecule has 0 aliphatic carbocycles. The van der Waals surface area contributed by atoms with Gasteiger partial charge in [-0.2, -0.15) is 4.80 Å². The largest absolute Gasteiger partial charge is 0.332 e. The zero-order chi connectivity index (χ0) is 21.3. The predicted molar refractivity (Wildman–Crippen MR) is 126 cm³/mol. The number of hydrogen-bond acceptors (Lipinski definition) is 4. The molecule has 0 aliphatic rings. The summed E-state index contributed by atoms with van der Waals surface area (Å²) in [4.78, 5) is 13.8. The van der Waals surface area contributed by atoms with Crippen LogP contribution in [0, 0.1) is 16.3 Å². The lowest BCUT2D eigenvalue weighted by atomic mass is 10.2. The Morgan fingerprint density at radius 2 is 1.77 bits per heavy atom. The van der Waals surface area contributed by atoms with Crippen LogP contribution in [0.4, 0.5) is 10.1 Å². The summed E-state index contributed by atoms with van der Waals surface area (Å²) >= 11 is 7.45. The number of nitrogens with one attached hydrogen (secondary N) is 2. The number of nitrogens with zero attached hydrogens (tertiary/aromatic N) is 3. The molecule has 0 saturated heterocycles. The first-order chi connectivity index (χ1) is 14.4. The topological polar surface area (TPSA) is 71.8 Å². The SMILES string of the molecule is Cc1cc2nn(-c3ccc(F)cc3)nc2cc1NC(=S)NC(=O)c1cccc(I)c1. The van der Waals surface area contributed by atoms with Crippen LogP contribution in [0.2, 0.25) is 0 Å². The highest BCUT2D eigenvalue weighted by Crippen LogP contribution is 2.22. The summed E-state index contributed by atoms with van der Waals surface area (Å²) in [5.41, 5.74) is 4.11. The quantitative estimate of drug-likeness (QED) is 0.299. The van der Waals surface area contributed by atoms with Gasteiger partial charge in [0, 0.05) is 14.8 Å². The Labute approximate surface area is 190 Å². The van der Waals surface area contributed by atoms with E-state index >= 15 is 0 Å². The van der Waals surface area contributed by atoms with E-state index in [-0.39, 0.29) is 16.8 Å². The van der Waals surface area contributed by atoms with E-state index in [4.69, 9.17) is 12.2 Å². The number of fused-ring (bicyclic) bond motifs is 1. The molecule has 0 unspecified atom stereocenters. The van der Waals surface area contributed by atoms with E-state index in [0.29, 0.717) is 28.0 Å². The van der Waals surface area contributed by atoms with Crippen LogP contribution in [0.25, 0.3) is 16.7 Å². The van der Waals surface area contributed by atoms with E-state index in [1.54, 1.807) is 24.3 Å². The van der Waals surface area contributed by atoms with Crippen LogP contribution >= 0.6 is 34.8 Å². The first-order valence-electron chi connectivity index (χ1n) is 8.90. The number of anilines is 1. The molecule has 0 saturated carbocycles. The molecule has 0 aliphatic heterocycles. The zero-order valence-corrected chi connectivity index (χ0v) is 18.7. The number of amides is 1. The van der Waals surface area contributed by atoms with Crippen LogP contribution in [0.1, 0.15) is 15.9 Å². The second kappa shape index (κ2) is 8.44. The standard InChI is InChI=1S/C21H15FIN5OS/c1-12-9-18-19(27-28(26-18)16-7-5-14(22)6-8-16)11-17(12)24-21(30)25-20(29)13-3-2-4-15(23)10-13/h2-11H,1H3,(H2,24,25,29,30). The van der Waals surface area contributed by atoms with Crippen molar-refractivity contribution in [2.75, 3.05) is 5.32 Å². The minimum atomic E-state index is -0.321. The number of thiocarbonyl (C=S) groups is 1. The van der Waals surface area contributed by atoms with Gasteiger partial charge in [0.1, 0.15) is 16.9 Å². The van der Waals surface area contributed by atoms with Gasteiger partial charge in [-0.15, -0.1) is 10.2 Å². The maximum Gasteiger partial charge on any atom is 0.257 e. The number of aromatic nitrogens is 3. The molecule has 9 heteroatoms. The number of rotatable bonds is 3. The number of hydrogen-bond donors (Lipinski definition) is 2. The van der Waals surface area contributed by atoms with E-state index in [1.165, 1.54) is 16.9 Å². The summed E-state index contributed by atoms with van der Waals surface area (Å²) in [5, 5.41) is 14.8. The molecule has 150 valence electrons. The van der Waals surface area contributed by atoms with Gasteiger partial charge in [-0.3, -0.25) is 10.1 Å². The zero-order valence-electron chi connectivity index (χ0n) is 15.7. The number of carbonyl (C=O) groups excluding carboxylic acids is 1. The van der Waals surface area contributed by atoms with Gasteiger partial charge < -0.3 is 5.32 Å². The van der Waals surface area contributed by atoms with Crippen LogP contribution < -0.4 is 10.6 Å². The van der Waals surface area contributed by atoms with Crippen molar-refractivity contribution in [3.63, 3.8) is 0 Å². The number of aryl methyl sites for hydroxylation is 1. The highest BCUT2D eigenvalue weighted by Gasteiger charge is 2.12. The summed E-state index contributed by atoms with van der Waals surface area (Å²) in [6.07, 6.45) is 0. The fraction of sp³-hybridized carbons (Fsp3) is 0.0476. The fourth-order valence-corrected chi connectivity index (χ4v) is 3.60. The Balaban J connectivity index is 1.53. The van der Waals surface area contributed by atoms with Crippen molar-refractivity contribution in [3.8, 4) is 5.69 Å². The molecule has 0 atom stereocenters. The lowest BCUT2D eigenvalue weighted by Crippen LogP contribution is -2.34. The Morgan fingerprint density at radius 1 is 1.07 bits per heavy atom. The van der Waals surface area contributed by atoms with E-state index in [0.717, 1.165) is 9.13 Å². The van der Waals surface area contributed by atoms with E-state index in [2.05, 4.69) is 43.4 Å². The van der Waals surface area contributed by atoms with Crippen LogP contribution in [0.15, 0.2) is 60.7 Å². The van der Waals surface area contributed by atoms with E-state index in [9.17, 15) is 9.18 Å². The maximum absolute atomic E-state index is 13.2. The van der Waals surface area contributed by atoms with Crippen molar-refractivity contribution < 1.29 is 9.18 Å². The van der Waals surface area contributed by atoms with Crippen LogP contribution in [-0.4, -0.2) is 26.0 Å². The summed E-state index contributed by atoms with van der Waals surface area (Å²) < 4.78 is 14.1. The molecule has 0 radical (unpaired) electrons. The summed E-state index contributed by atoms with van der Waals surface area (Å²) in [5.74, 6) is -0.606. The Hall–Kier alpha value is -2.92. The molecule has 1 amide bonds. The summed E-state index contributed by atoms with van der Waals surface area (Å²) in [6, 6.07) is 16.8. The van der Waals surface area contributed by atoms with Gasteiger partial charge in [0.25, 0.3) is 5.91 Å². The Morgan fingerprint density at radius 3 is 2.47 bits per heavy atom. The molecule has 0 spiro atoms. The molecule has 2 N–H and O–H groups in total. The Bertz CT molecular complexity index is 1270. The smallest absolute Gasteiger partial charge is 0.257 e. The van der Waals surface area contributed by atoms with Gasteiger partial charge in [0.05, 0.1) is 5.69 Å². The first-order valence-corrected chi connectivity index (χ1v) is 10.4. The van der Waals surface area contributed by atoms with Crippen LogP contribution in [-0.2, 0) is 0 Å². The van der Waals surface area contributed by atoms with E-state index in [1.807, 2.05) is 31.2 Å². The highest BCUT2D eigenvalue weighted by molar-refractivity contribution is 14.1. The summed E-state index contributed by atoms with van der Waals surface area (Å²) in [7, 11) is 0. The summed E-state index contributed by atoms with van der Waals surface area (Å²) in [6.45, 7) is 1.91. The Kier molecular flexibility index (Phi) is 5.73. The number of halogens is 2. The van der Waals surface area contributed by atoms with Gasteiger partial charge in [-0.05, 0) is 102 Å². The molecule has 1 heterocycles. The number of benzene rings is 3. The molecular weight excluding hydrogens is 516 g/mol. The minimum Gasteiger partial charge on any atom is -0.332 e. The third-order valence-electron chi connectivity index (χ3n) is 4.35. The van der Waals surface area contributed by atoms with Gasteiger partial charge >= 0.3 is 0 Å². The highest BCUT2D eigenvalue weighted by atomic mass is 127. The van der Waals surface area contributed by atoms with Crippen molar-refractivity contribution >= 4 is 62.5 Å². The molecule has 4 aromatic rings. The number of carbonyl (C=O) groups is 1. The average Bonchev–Trinajstić information content (AvgIpc) is 3.11. The molecule has 1 aromatic heterocycles. The monoisotopic (exact) mass is 531 g/mol. The molecule has 3 aromatic carbocycles. The van der Waals surface area contributed by atoms with Crippen LogP contribution in [0.3, 0.4) is 0 Å².